The maximum absolute atomic E-state index is 14.0. The summed E-state index contributed by atoms with van der Waals surface area (Å²) >= 11 is 3.75. The summed E-state index contributed by atoms with van der Waals surface area (Å²) in [5.74, 6) is 0. The predicted octanol–water partition coefficient (Wildman–Crippen LogP) is 12.2. The van der Waals surface area contributed by atoms with E-state index in [1.54, 1.807) is 0 Å². The SMILES string of the molecule is CC1(C)C2=CC3=C4C(=CC=CC4(O)c4ccc5c(c4)C(C)(C)c4ccccc4-5)C=C3C(O)(c3ccc4c(c3)C(C)(C)c3ccccc3-4)C2=Cc2ccc(Br)cc21. The van der Waals surface area contributed by atoms with Crippen LogP contribution in [0.5, 0.6) is 0 Å². The molecule has 0 spiro atoms. The third-order valence-electron chi connectivity index (χ3n) is 14.2. The van der Waals surface area contributed by atoms with Crippen LogP contribution in [0.4, 0.5) is 0 Å². The summed E-state index contributed by atoms with van der Waals surface area (Å²) in [7, 11) is 0. The van der Waals surface area contributed by atoms with Crippen molar-refractivity contribution in [2.75, 3.05) is 0 Å². The summed E-state index contributed by atoms with van der Waals surface area (Å²) in [4.78, 5) is 0. The molecule has 0 saturated carbocycles. The van der Waals surface area contributed by atoms with Crippen LogP contribution in [-0.2, 0) is 27.4 Å². The summed E-state index contributed by atoms with van der Waals surface area (Å²) in [6.45, 7) is 13.7. The molecule has 6 aliphatic rings. The maximum Gasteiger partial charge on any atom is 0.141 e. The van der Waals surface area contributed by atoms with Gasteiger partial charge in [-0.05, 0) is 125 Å². The van der Waals surface area contributed by atoms with Gasteiger partial charge in [0.1, 0.15) is 11.2 Å². The van der Waals surface area contributed by atoms with Crippen molar-refractivity contribution in [3.63, 3.8) is 0 Å². The van der Waals surface area contributed by atoms with Gasteiger partial charge in [-0.25, -0.2) is 0 Å². The van der Waals surface area contributed by atoms with E-state index in [9.17, 15) is 10.2 Å². The molecule has 0 heterocycles. The normalized spacial score (nSPS) is 24.7. The number of allylic oxidation sites excluding steroid dienone is 4. The fraction of sp³-hybridized carbons (Fsp3) is 0.208. The monoisotopic (exact) mass is 790 g/mol. The molecule has 3 heteroatoms. The summed E-state index contributed by atoms with van der Waals surface area (Å²) in [6.07, 6.45) is 12.6. The lowest BCUT2D eigenvalue weighted by Gasteiger charge is -2.47. The first-order chi connectivity index (χ1) is 26.7. The van der Waals surface area contributed by atoms with Crippen molar-refractivity contribution >= 4 is 22.0 Å². The van der Waals surface area contributed by atoms with E-state index >= 15 is 0 Å². The third kappa shape index (κ3) is 4.13. The van der Waals surface area contributed by atoms with Crippen molar-refractivity contribution in [2.24, 2.45) is 0 Å². The fourth-order valence-corrected chi connectivity index (χ4v) is 11.5. The maximum atomic E-state index is 14.0. The average molecular weight is 792 g/mol. The summed E-state index contributed by atoms with van der Waals surface area (Å²) in [5, 5.41) is 27.2. The standard InChI is InChI=1S/C53H43BrO2/c1-49(2)40-15-9-7-13-35(40)37-21-18-32(26-43(37)49)52(55)23-11-12-31-25-45-39(48(31)52)29-46-47(24-30-17-20-34(54)28-42(30)51(46,5)6)53(45,56)33-19-22-38-36-14-8-10-16-41(36)50(3,4)44(38)27-33/h7-29,55-56H,1-6H3. The minimum Gasteiger partial charge on any atom is -0.377 e. The van der Waals surface area contributed by atoms with Gasteiger partial charge in [-0.15, -0.1) is 0 Å². The molecule has 0 bridgehead atoms. The molecule has 6 aliphatic carbocycles. The fourth-order valence-electron chi connectivity index (χ4n) is 11.2. The number of rotatable bonds is 2. The van der Waals surface area contributed by atoms with Gasteiger partial charge < -0.3 is 10.2 Å². The van der Waals surface area contributed by atoms with E-state index in [0.717, 1.165) is 54.6 Å². The van der Waals surface area contributed by atoms with Gasteiger partial charge in [0.05, 0.1) is 0 Å². The van der Waals surface area contributed by atoms with E-state index < -0.39 is 16.6 Å². The Morgan fingerprint density at radius 1 is 0.500 bits per heavy atom. The van der Waals surface area contributed by atoms with Crippen molar-refractivity contribution in [3.8, 4) is 22.3 Å². The third-order valence-corrected chi connectivity index (χ3v) is 14.7. The van der Waals surface area contributed by atoms with Crippen molar-refractivity contribution < 1.29 is 10.2 Å². The van der Waals surface area contributed by atoms with E-state index in [1.807, 2.05) is 12.2 Å². The van der Waals surface area contributed by atoms with Crippen LogP contribution in [-0.4, -0.2) is 10.2 Å². The highest BCUT2D eigenvalue weighted by atomic mass is 79.9. The second-order valence-electron chi connectivity index (χ2n) is 18.1. The zero-order valence-electron chi connectivity index (χ0n) is 32.6. The first kappa shape index (κ1) is 34.2. The van der Waals surface area contributed by atoms with Gasteiger partial charge in [-0.2, -0.15) is 0 Å². The van der Waals surface area contributed by atoms with Gasteiger partial charge in [0, 0.05) is 31.9 Å². The summed E-state index contributed by atoms with van der Waals surface area (Å²) < 4.78 is 1.02. The Kier molecular flexibility index (Phi) is 6.64. The lowest BCUT2D eigenvalue weighted by atomic mass is 9.59. The Morgan fingerprint density at radius 3 is 1.75 bits per heavy atom. The van der Waals surface area contributed by atoms with Gasteiger partial charge in [0.2, 0.25) is 0 Å². The Hall–Kier alpha value is -5.06. The number of aliphatic hydroxyl groups is 2. The molecule has 274 valence electrons. The predicted molar refractivity (Wildman–Crippen MR) is 231 cm³/mol. The van der Waals surface area contributed by atoms with Crippen LogP contribution in [0.25, 0.3) is 28.3 Å². The molecule has 2 unspecified atom stereocenters. The topological polar surface area (TPSA) is 40.5 Å². The largest absolute Gasteiger partial charge is 0.377 e. The molecule has 0 aromatic heterocycles. The molecule has 0 aliphatic heterocycles. The number of fused-ring (bicyclic) bond motifs is 10. The molecule has 11 rings (SSSR count). The van der Waals surface area contributed by atoms with E-state index in [4.69, 9.17) is 0 Å². The van der Waals surface area contributed by atoms with E-state index in [1.165, 1.54) is 50.1 Å². The zero-order chi connectivity index (χ0) is 38.7. The van der Waals surface area contributed by atoms with Crippen molar-refractivity contribution in [1.82, 2.24) is 0 Å². The first-order valence-electron chi connectivity index (χ1n) is 19.7. The van der Waals surface area contributed by atoms with Crippen LogP contribution in [0.15, 0.2) is 171 Å². The van der Waals surface area contributed by atoms with Crippen molar-refractivity contribution in [2.45, 2.75) is 69.0 Å². The molecule has 2 atom stereocenters. The lowest BCUT2D eigenvalue weighted by molar-refractivity contribution is 0.116. The second-order valence-corrected chi connectivity index (χ2v) is 19.1. The van der Waals surface area contributed by atoms with Crippen LogP contribution < -0.4 is 0 Å². The molecule has 5 aromatic rings. The quantitative estimate of drug-likeness (QED) is 0.187. The highest BCUT2D eigenvalue weighted by Gasteiger charge is 2.54. The zero-order valence-corrected chi connectivity index (χ0v) is 34.1. The van der Waals surface area contributed by atoms with Crippen molar-refractivity contribution in [3.05, 3.63) is 216 Å². The molecule has 0 amide bonds. The molecule has 0 saturated heterocycles. The number of hydrogen-bond acceptors (Lipinski definition) is 2. The van der Waals surface area contributed by atoms with Crippen LogP contribution in [0, 0.1) is 0 Å². The number of halogens is 1. The Morgan fingerprint density at radius 2 is 1.09 bits per heavy atom. The minimum absolute atomic E-state index is 0.214. The Balaban J connectivity index is 1.16. The van der Waals surface area contributed by atoms with Crippen LogP contribution in [0.1, 0.15) is 86.1 Å². The van der Waals surface area contributed by atoms with Crippen LogP contribution in [0.2, 0.25) is 0 Å². The van der Waals surface area contributed by atoms with Gasteiger partial charge in [0.15, 0.2) is 0 Å². The highest BCUT2D eigenvalue weighted by Crippen LogP contribution is 2.62. The van der Waals surface area contributed by atoms with Crippen LogP contribution >= 0.6 is 15.9 Å². The van der Waals surface area contributed by atoms with Gasteiger partial charge >= 0.3 is 0 Å². The van der Waals surface area contributed by atoms with E-state index in [-0.39, 0.29) is 10.8 Å². The first-order valence-corrected chi connectivity index (χ1v) is 20.5. The molecule has 56 heavy (non-hydrogen) atoms. The van der Waals surface area contributed by atoms with Gasteiger partial charge in [-0.3, -0.25) is 0 Å². The van der Waals surface area contributed by atoms with Gasteiger partial charge in [0.25, 0.3) is 0 Å². The highest BCUT2D eigenvalue weighted by molar-refractivity contribution is 9.10. The van der Waals surface area contributed by atoms with Crippen LogP contribution in [0.3, 0.4) is 0 Å². The van der Waals surface area contributed by atoms with Gasteiger partial charge in [-0.1, -0.05) is 161 Å². The summed E-state index contributed by atoms with van der Waals surface area (Å²) in [6, 6.07) is 36.9. The van der Waals surface area contributed by atoms with E-state index in [2.05, 4.69) is 185 Å². The number of benzene rings is 5. The molecular weight excluding hydrogens is 748 g/mol. The lowest BCUT2D eigenvalue weighted by Crippen LogP contribution is -2.41. The average Bonchev–Trinajstić information content (AvgIpc) is 3.77. The molecule has 0 fully saturated rings. The smallest absolute Gasteiger partial charge is 0.141 e. The molecule has 0 radical (unpaired) electrons. The minimum atomic E-state index is -1.50. The molecule has 5 aromatic carbocycles. The molecule has 2 N–H and O–H groups in total. The second kappa shape index (κ2) is 10.9. The molecule has 2 nitrogen and oxygen atoms in total. The molecular formula is C53H43BrO2. The Labute approximate surface area is 337 Å². The number of hydrogen-bond donors (Lipinski definition) is 2. The summed E-state index contributed by atoms with van der Waals surface area (Å²) in [5.41, 5.74) is 15.4. The van der Waals surface area contributed by atoms with Crippen molar-refractivity contribution in [1.29, 1.82) is 0 Å². The van der Waals surface area contributed by atoms with E-state index in [0.29, 0.717) is 0 Å². The Bertz CT molecular complexity index is 2870.